The standard InChI is InChI=1S/C16H30N2O2/c1-6-7-14(20)18-13-8-15(3,4)10-16(5,9-13)11-17-12(2)19/h13H,6-11H2,1-5H3,(H,17,19)(H,18,20). The van der Waals surface area contributed by atoms with Gasteiger partial charge in [0, 0.05) is 25.9 Å². The fourth-order valence-electron chi connectivity index (χ4n) is 3.74. The molecule has 0 aromatic rings. The van der Waals surface area contributed by atoms with E-state index in [0.717, 1.165) is 25.7 Å². The molecule has 1 fully saturated rings. The minimum Gasteiger partial charge on any atom is -0.356 e. The lowest BCUT2D eigenvalue weighted by atomic mass is 9.62. The molecule has 2 amide bonds. The van der Waals surface area contributed by atoms with E-state index < -0.39 is 0 Å². The Hall–Kier alpha value is -1.06. The second kappa shape index (κ2) is 6.59. The number of amides is 2. The highest BCUT2D eigenvalue weighted by Gasteiger charge is 2.41. The molecule has 1 rings (SSSR count). The molecular weight excluding hydrogens is 252 g/mol. The normalized spacial score (nSPS) is 28.8. The zero-order chi connectivity index (χ0) is 15.4. The zero-order valence-corrected chi connectivity index (χ0v) is 13.6. The second-order valence-corrected chi connectivity index (χ2v) is 7.48. The molecule has 116 valence electrons. The van der Waals surface area contributed by atoms with Crippen LogP contribution in [0.3, 0.4) is 0 Å². The Kier molecular flexibility index (Phi) is 5.60. The molecule has 0 bridgehead atoms. The largest absolute Gasteiger partial charge is 0.356 e. The van der Waals surface area contributed by atoms with Crippen molar-refractivity contribution >= 4 is 11.8 Å². The van der Waals surface area contributed by atoms with Gasteiger partial charge in [-0.3, -0.25) is 9.59 Å². The van der Waals surface area contributed by atoms with Crippen LogP contribution in [0.15, 0.2) is 0 Å². The van der Waals surface area contributed by atoms with Crippen LogP contribution >= 0.6 is 0 Å². The first-order chi connectivity index (χ1) is 9.16. The summed E-state index contributed by atoms with van der Waals surface area (Å²) in [6, 6.07) is 0.219. The third-order valence-electron chi connectivity index (χ3n) is 4.05. The van der Waals surface area contributed by atoms with Crippen molar-refractivity contribution in [3.8, 4) is 0 Å². The summed E-state index contributed by atoms with van der Waals surface area (Å²) in [5.74, 6) is 0.165. The van der Waals surface area contributed by atoms with Gasteiger partial charge in [-0.25, -0.2) is 0 Å². The van der Waals surface area contributed by atoms with Gasteiger partial charge in [0.2, 0.25) is 11.8 Å². The van der Waals surface area contributed by atoms with Crippen molar-refractivity contribution in [1.29, 1.82) is 0 Å². The van der Waals surface area contributed by atoms with Gasteiger partial charge < -0.3 is 10.6 Å². The molecule has 0 spiro atoms. The van der Waals surface area contributed by atoms with E-state index in [9.17, 15) is 9.59 Å². The summed E-state index contributed by atoms with van der Waals surface area (Å²) in [5.41, 5.74) is 0.243. The molecule has 1 saturated carbocycles. The highest BCUT2D eigenvalue weighted by atomic mass is 16.2. The third kappa shape index (κ3) is 5.51. The number of hydrogen-bond donors (Lipinski definition) is 2. The maximum Gasteiger partial charge on any atom is 0.220 e. The Labute approximate surface area is 123 Å². The van der Waals surface area contributed by atoms with Gasteiger partial charge in [0.15, 0.2) is 0 Å². The van der Waals surface area contributed by atoms with Crippen molar-refractivity contribution in [3.05, 3.63) is 0 Å². The van der Waals surface area contributed by atoms with Crippen LogP contribution < -0.4 is 10.6 Å². The van der Waals surface area contributed by atoms with Gasteiger partial charge in [-0.15, -0.1) is 0 Å². The van der Waals surface area contributed by atoms with Crippen molar-refractivity contribution in [3.63, 3.8) is 0 Å². The molecule has 0 aliphatic heterocycles. The van der Waals surface area contributed by atoms with Crippen LogP contribution in [0.5, 0.6) is 0 Å². The van der Waals surface area contributed by atoms with Gasteiger partial charge in [-0.1, -0.05) is 27.7 Å². The van der Waals surface area contributed by atoms with Crippen molar-refractivity contribution in [2.45, 2.75) is 72.8 Å². The van der Waals surface area contributed by atoms with Gasteiger partial charge >= 0.3 is 0 Å². The van der Waals surface area contributed by atoms with Crippen LogP contribution in [-0.2, 0) is 9.59 Å². The molecule has 0 saturated heterocycles. The monoisotopic (exact) mass is 282 g/mol. The van der Waals surface area contributed by atoms with Gasteiger partial charge in [0.25, 0.3) is 0 Å². The molecule has 0 heterocycles. The van der Waals surface area contributed by atoms with E-state index in [2.05, 4.69) is 31.4 Å². The van der Waals surface area contributed by atoms with E-state index in [-0.39, 0.29) is 28.7 Å². The molecule has 1 aliphatic carbocycles. The molecular formula is C16H30N2O2. The predicted molar refractivity (Wildman–Crippen MR) is 81.3 cm³/mol. The summed E-state index contributed by atoms with van der Waals surface area (Å²) < 4.78 is 0. The maximum atomic E-state index is 11.8. The fraction of sp³-hybridized carbons (Fsp3) is 0.875. The summed E-state index contributed by atoms with van der Waals surface area (Å²) in [7, 11) is 0. The number of carbonyl (C=O) groups is 2. The Bertz CT molecular complexity index is 365. The predicted octanol–water partition coefficient (Wildman–Crippen LogP) is 2.62. The molecule has 0 radical (unpaired) electrons. The molecule has 20 heavy (non-hydrogen) atoms. The van der Waals surface area contributed by atoms with E-state index in [4.69, 9.17) is 0 Å². The van der Waals surface area contributed by atoms with Crippen molar-refractivity contribution in [2.75, 3.05) is 6.54 Å². The lowest BCUT2D eigenvalue weighted by Gasteiger charge is -2.47. The second-order valence-electron chi connectivity index (χ2n) is 7.48. The first kappa shape index (κ1) is 17.0. The number of carbonyl (C=O) groups excluding carboxylic acids is 2. The van der Waals surface area contributed by atoms with E-state index in [0.29, 0.717) is 13.0 Å². The molecule has 4 nitrogen and oxygen atoms in total. The number of hydrogen-bond acceptors (Lipinski definition) is 2. The molecule has 4 heteroatoms. The van der Waals surface area contributed by atoms with Gasteiger partial charge in [0.05, 0.1) is 0 Å². The van der Waals surface area contributed by atoms with E-state index in [1.54, 1.807) is 6.92 Å². The highest BCUT2D eigenvalue weighted by molar-refractivity contribution is 5.76. The van der Waals surface area contributed by atoms with Crippen molar-refractivity contribution < 1.29 is 9.59 Å². The van der Waals surface area contributed by atoms with Crippen molar-refractivity contribution in [1.82, 2.24) is 10.6 Å². The van der Waals surface area contributed by atoms with Gasteiger partial charge in [-0.2, -0.15) is 0 Å². The SMILES string of the molecule is CCCC(=O)NC1CC(C)(C)CC(C)(CNC(C)=O)C1. The van der Waals surface area contributed by atoms with Gasteiger partial charge in [-0.05, 0) is 36.5 Å². The summed E-state index contributed by atoms with van der Waals surface area (Å²) in [6.45, 7) is 11.0. The molecule has 0 aromatic heterocycles. The average Bonchev–Trinajstić information content (AvgIpc) is 2.23. The Morgan fingerprint density at radius 3 is 2.40 bits per heavy atom. The molecule has 2 N–H and O–H groups in total. The summed E-state index contributed by atoms with van der Waals surface area (Å²) in [4.78, 5) is 23.0. The highest BCUT2D eigenvalue weighted by Crippen LogP contribution is 2.45. The number of nitrogens with one attached hydrogen (secondary N) is 2. The minimum atomic E-state index is 0.0150. The first-order valence-electron chi connectivity index (χ1n) is 7.70. The quantitative estimate of drug-likeness (QED) is 0.814. The van der Waals surface area contributed by atoms with E-state index in [1.807, 2.05) is 6.92 Å². The summed E-state index contributed by atoms with van der Waals surface area (Å²) in [5, 5.41) is 6.11. The Balaban J connectivity index is 2.68. The lowest BCUT2D eigenvalue weighted by Crippen LogP contribution is -2.50. The van der Waals surface area contributed by atoms with Crippen LogP contribution in [-0.4, -0.2) is 24.4 Å². The zero-order valence-electron chi connectivity index (χ0n) is 13.6. The van der Waals surface area contributed by atoms with Crippen LogP contribution in [0.2, 0.25) is 0 Å². The maximum absolute atomic E-state index is 11.8. The number of rotatable bonds is 5. The topological polar surface area (TPSA) is 58.2 Å². The van der Waals surface area contributed by atoms with Crippen LogP contribution in [0.4, 0.5) is 0 Å². The molecule has 0 aromatic carbocycles. The smallest absolute Gasteiger partial charge is 0.220 e. The Morgan fingerprint density at radius 2 is 1.85 bits per heavy atom. The summed E-state index contributed by atoms with van der Waals surface area (Å²) in [6.07, 6.45) is 4.50. The molecule has 2 unspecified atom stereocenters. The Morgan fingerprint density at radius 1 is 1.20 bits per heavy atom. The molecule has 1 aliphatic rings. The first-order valence-corrected chi connectivity index (χ1v) is 7.70. The third-order valence-corrected chi connectivity index (χ3v) is 4.05. The summed E-state index contributed by atoms with van der Waals surface area (Å²) >= 11 is 0. The van der Waals surface area contributed by atoms with E-state index >= 15 is 0 Å². The minimum absolute atomic E-state index is 0.0150. The van der Waals surface area contributed by atoms with Crippen LogP contribution in [0.1, 0.15) is 66.7 Å². The van der Waals surface area contributed by atoms with E-state index in [1.165, 1.54) is 0 Å². The molecule has 2 atom stereocenters. The average molecular weight is 282 g/mol. The van der Waals surface area contributed by atoms with Gasteiger partial charge in [0.1, 0.15) is 0 Å². The van der Waals surface area contributed by atoms with Crippen molar-refractivity contribution in [2.24, 2.45) is 10.8 Å². The van der Waals surface area contributed by atoms with Crippen LogP contribution in [0, 0.1) is 10.8 Å². The fourth-order valence-corrected chi connectivity index (χ4v) is 3.74. The van der Waals surface area contributed by atoms with Crippen LogP contribution in [0.25, 0.3) is 0 Å². The lowest BCUT2D eigenvalue weighted by molar-refractivity contribution is -0.123.